The summed E-state index contributed by atoms with van der Waals surface area (Å²) < 4.78 is 0. The van der Waals surface area contributed by atoms with Gasteiger partial charge in [0.25, 0.3) is 0 Å². The molecule has 0 aliphatic rings. The van der Waals surface area contributed by atoms with Gasteiger partial charge in [0.05, 0.1) is 0 Å². The quantitative estimate of drug-likeness (QED) is 0.441. The van der Waals surface area contributed by atoms with Crippen LogP contribution in [0.25, 0.3) is 0 Å². The van der Waals surface area contributed by atoms with E-state index in [-0.39, 0.29) is 5.91 Å². The van der Waals surface area contributed by atoms with Gasteiger partial charge in [0, 0.05) is 12.2 Å². The molecular formula is C11H15NO2S. The van der Waals surface area contributed by atoms with Crippen molar-refractivity contribution in [2.24, 2.45) is 0 Å². The fourth-order valence-corrected chi connectivity index (χ4v) is 2.07. The van der Waals surface area contributed by atoms with E-state index in [2.05, 4.69) is 12.1 Å². The molecule has 1 amide bonds. The summed E-state index contributed by atoms with van der Waals surface area (Å²) in [5.74, 6) is 1.43. The topological polar surface area (TPSA) is 49.3 Å². The zero-order valence-electron chi connectivity index (χ0n) is 8.48. The highest BCUT2D eigenvalue weighted by molar-refractivity contribution is 7.99. The lowest BCUT2D eigenvalue weighted by Gasteiger charge is -2.01. The average Bonchev–Trinajstić information content (AvgIpc) is 2.29. The molecule has 1 aromatic carbocycles. The van der Waals surface area contributed by atoms with Gasteiger partial charge < -0.3 is 0 Å². The summed E-state index contributed by atoms with van der Waals surface area (Å²) in [6.45, 7) is 0. The van der Waals surface area contributed by atoms with E-state index in [0.29, 0.717) is 6.42 Å². The Bertz CT molecular complexity index is 290. The number of hydroxylamine groups is 1. The van der Waals surface area contributed by atoms with Crippen LogP contribution in [0.2, 0.25) is 0 Å². The third-order valence-corrected chi connectivity index (χ3v) is 2.96. The smallest absolute Gasteiger partial charge is 0.244 e. The van der Waals surface area contributed by atoms with Gasteiger partial charge in [-0.3, -0.25) is 10.0 Å². The maximum absolute atomic E-state index is 10.7. The maximum Gasteiger partial charge on any atom is 0.244 e. The van der Waals surface area contributed by atoms with Crippen molar-refractivity contribution in [3.8, 4) is 0 Å². The molecule has 0 unspecified atom stereocenters. The van der Waals surface area contributed by atoms with Crippen molar-refractivity contribution in [1.82, 2.24) is 5.48 Å². The summed E-state index contributed by atoms with van der Waals surface area (Å²) in [4.78, 5) is 10.7. The molecule has 0 saturated carbocycles. The highest BCUT2D eigenvalue weighted by Crippen LogP contribution is 2.07. The number of hydrogen-bond donors (Lipinski definition) is 2. The van der Waals surface area contributed by atoms with Crippen molar-refractivity contribution >= 4 is 17.7 Å². The number of amides is 1. The van der Waals surface area contributed by atoms with Crippen LogP contribution in [-0.4, -0.2) is 22.6 Å². The van der Waals surface area contributed by atoms with Crippen molar-refractivity contribution in [2.75, 3.05) is 11.5 Å². The van der Waals surface area contributed by atoms with Crippen LogP contribution in [0.1, 0.15) is 12.0 Å². The Kier molecular flexibility index (Phi) is 5.88. The summed E-state index contributed by atoms with van der Waals surface area (Å²) in [6.07, 6.45) is 1.39. The van der Waals surface area contributed by atoms with E-state index in [9.17, 15) is 4.79 Å². The van der Waals surface area contributed by atoms with Crippen LogP contribution in [-0.2, 0) is 11.2 Å². The molecular weight excluding hydrogens is 210 g/mol. The van der Waals surface area contributed by atoms with Gasteiger partial charge in [-0.1, -0.05) is 30.3 Å². The maximum atomic E-state index is 10.7. The van der Waals surface area contributed by atoms with Crippen molar-refractivity contribution in [3.63, 3.8) is 0 Å². The van der Waals surface area contributed by atoms with Crippen molar-refractivity contribution in [1.29, 1.82) is 0 Å². The molecule has 0 aliphatic heterocycles. The Morgan fingerprint density at radius 3 is 2.67 bits per heavy atom. The second kappa shape index (κ2) is 7.31. The van der Waals surface area contributed by atoms with Gasteiger partial charge >= 0.3 is 0 Å². The van der Waals surface area contributed by atoms with Gasteiger partial charge in [-0.2, -0.15) is 11.8 Å². The molecule has 0 saturated heterocycles. The fourth-order valence-electron chi connectivity index (χ4n) is 1.16. The van der Waals surface area contributed by atoms with Crippen LogP contribution in [0.4, 0.5) is 0 Å². The predicted octanol–water partition coefficient (Wildman–Crippen LogP) is 1.86. The highest BCUT2D eigenvalue weighted by Gasteiger charge is 1.98. The van der Waals surface area contributed by atoms with Crippen LogP contribution in [0.15, 0.2) is 30.3 Å². The molecule has 15 heavy (non-hydrogen) atoms. The van der Waals surface area contributed by atoms with Crippen molar-refractivity contribution in [3.05, 3.63) is 35.9 Å². The summed E-state index contributed by atoms with van der Waals surface area (Å²) >= 11 is 1.72. The minimum atomic E-state index is -0.317. The lowest BCUT2D eigenvalue weighted by Crippen LogP contribution is -2.18. The summed E-state index contributed by atoms with van der Waals surface area (Å²) in [5.41, 5.74) is 2.94. The molecule has 82 valence electrons. The zero-order valence-corrected chi connectivity index (χ0v) is 9.30. The molecule has 1 rings (SSSR count). The van der Waals surface area contributed by atoms with Gasteiger partial charge in [-0.25, -0.2) is 5.48 Å². The van der Waals surface area contributed by atoms with Crippen LogP contribution in [0.3, 0.4) is 0 Å². The van der Waals surface area contributed by atoms with Gasteiger partial charge in [0.15, 0.2) is 0 Å². The molecule has 4 heteroatoms. The largest absolute Gasteiger partial charge is 0.289 e. The molecule has 0 heterocycles. The number of aryl methyl sites for hydroxylation is 1. The molecule has 0 bridgehead atoms. The lowest BCUT2D eigenvalue weighted by molar-refractivity contribution is -0.128. The Balaban J connectivity index is 2.05. The van der Waals surface area contributed by atoms with E-state index < -0.39 is 0 Å². The molecule has 3 nitrogen and oxygen atoms in total. The second-order valence-corrected chi connectivity index (χ2v) is 4.36. The molecule has 0 fully saturated rings. The number of rotatable bonds is 6. The molecule has 0 aromatic heterocycles. The fraction of sp³-hybridized carbons (Fsp3) is 0.364. The molecule has 0 aliphatic carbocycles. The summed E-state index contributed by atoms with van der Waals surface area (Å²) in [7, 11) is 0. The SMILES string of the molecule is O=C(CCSCCc1ccccc1)NO. The predicted molar refractivity (Wildman–Crippen MR) is 62.0 cm³/mol. The number of carbonyl (C=O) groups excluding carboxylic acids is 1. The molecule has 0 radical (unpaired) electrons. The van der Waals surface area contributed by atoms with Crippen molar-refractivity contribution < 1.29 is 10.0 Å². The Morgan fingerprint density at radius 2 is 2.00 bits per heavy atom. The van der Waals surface area contributed by atoms with Gasteiger partial charge in [0.2, 0.25) is 5.91 Å². The van der Waals surface area contributed by atoms with Crippen molar-refractivity contribution in [2.45, 2.75) is 12.8 Å². The number of nitrogens with one attached hydrogen (secondary N) is 1. The third kappa shape index (κ3) is 5.44. The summed E-state index contributed by atoms with van der Waals surface area (Å²) in [5, 5.41) is 8.26. The minimum absolute atomic E-state index is 0.317. The number of benzene rings is 1. The first kappa shape index (κ1) is 12.1. The van der Waals surface area contributed by atoms with Gasteiger partial charge in [0.1, 0.15) is 0 Å². The molecule has 2 N–H and O–H groups in total. The van der Waals surface area contributed by atoms with Crippen LogP contribution in [0.5, 0.6) is 0 Å². The monoisotopic (exact) mass is 225 g/mol. The van der Waals surface area contributed by atoms with E-state index in [1.165, 1.54) is 5.56 Å². The normalized spacial score (nSPS) is 9.93. The molecule has 0 spiro atoms. The van der Waals surface area contributed by atoms with Gasteiger partial charge in [-0.15, -0.1) is 0 Å². The van der Waals surface area contributed by atoms with E-state index in [4.69, 9.17) is 5.21 Å². The summed E-state index contributed by atoms with van der Waals surface area (Å²) in [6, 6.07) is 10.3. The van der Waals surface area contributed by atoms with E-state index in [0.717, 1.165) is 17.9 Å². The van der Waals surface area contributed by atoms with Crippen LogP contribution < -0.4 is 5.48 Å². The first-order valence-corrected chi connectivity index (χ1v) is 6.03. The average molecular weight is 225 g/mol. The molecule has 0 atom stereocenters. The number of thioether (sulfide) groups is 1. The Hall–Kier alpha value is -1.00. The second-order valence-electron chi connectivity index (χ2n) is 3.13. The van der Waals surface area contributed by atoms with Crippen LogP contribution in [0, 0.1) is 0 Å². The van der Waals surface area contributed by atoms with E-state index in [1.807, 2.05) is 18.2 Å². The number of carbonyl (C=O) groups is 1. The zero-order chi connectivity index (χ0) is 10.9. The lowest BCUT2D eigenvalue weighted by atomic mass is 10.2. The van der Waals surface area contributed by atoms with Crippen LogP contribution >= 0.6 is 11.8 Å². The first-order valence-electron chi connectivity index (χ1n) is 4.87. The first-order chi connectivity index (χ1) is 7.33. The Morgan fingerprint density at radius 1 is 1.27 bits per heavy atom. The third-order valence-electron chi connectivity index (χ3n) is 1.98. The highest BCUT2D eigenvalue weighted by atomic mass is 32.2. The molecule has 1 aromatic rings. The van der Waals surface area contributed by atoms with E-state index in [1.54, 1.807) is 17.2 Å². The Labute approximate surface area is 93.8 Å². The van der Waals surface area contributed by atoms with E-state index >= 15 is 0 Å². The standard InChI is InChI=1S/C11H15NO2S/c13-11(12-14)7-9-15-8-6-10-4-2-1-3-5-10/h1-5,14H,6-9H2,(H,12,13). The minimum Gasteiger partial charge on any atom is -0.289 e. The number of hydrogen-bond acceptors (Lipinski definition) is 3. The van der Waals surface area contributed by atoms with Gasteiger partial charge in [-0.05, 0) is 17.7 Å².